The maximum Gasteiger partial charge on any atom is 0.255 e. The Balaban J connectivity index is 1.52. The molecule has 6 rings (SSSR count). The molecular weight excluding hydrogens is 426 g/mol. The Morgan fingerprint density at radius 3 is 2.59 bits per heavy atom. The van der Waals surface area contributed by atoms with Crippen molar-refractivity contribution >= 4 is 22.7 Å². The van der Waals surface area contributed by atoms with Gasteiger partial charge in [0.05, 0.1) is 18.5 Å². The van der Waals surface area contributed by atoms with Gasteiger partial charge in [0.2, 0.25) is 5.91 Å². The number of rotatable bonds is 4. The van der Waals surface area contributed by atoms with E-state index in [-0.39, 0.29) is 30.8 Å². The second-order valence-electron chi connectivity index (χ2n) is 9.42. The quantitative estimate of drug-likeness (QED) is 0.493. The van der Waals surface area contributed by atoms with E-state index in [1.165, 1.54) is 5.56 Å². The zero-order valence-electron chi connectivity index (χ0n) is 19.4. The van der Waals surface area contributed by atoms with Crippen LogP contribution in [0.5, 0.6) is 0 Å². The Morgan fingerprint density at radius 1 is 1.06 bits per heavy atom. The molecule has 2 aromatic carbocycles. The number of hydrogen-bond acceptors (Lipinski definition) is 3. The van der Waals surface area contributed by atoms with Crippen LogP contribution in [0.2, 0.25) is 0 Å². The fraction of sp³-hybridized carbons (Fsp3) is 0.286. The number of nitrogens with zero attached hydrogens (tertiary/aromatic N) is 2. The number of nitrogens with one attached hydrogen (secondary N) is 1. The van der Waals surface area contributed by atoms with Crippen LogP contribution < -0.4 is 0 Å². The summed E-state index contributed by atoms with van der Waals surface area (Å²) in [6, 6.07) is 20.4. The third-order valence-corrected chi connectivity index (χ3v) is 7.53. The van der Waals surface area contributed by atoms with E-state index < -0.39 is 5.54 Å². The van der Waals surface area contributed by atoms with Gasteiger partial charge in [-0.1, -0.05) is 49.4 Å². The lowest BCUT2D eigenvalue weighted by atomic mass is 9.76. The lowest BCUT2D eigenvalue weighted by Gasteiger charge is -2.51. The monoisotopic (exact) mass is 453 g/mol. The maximum absolute atomic E-state index is 14.0. The Morgan fingerprint density at radius 2 is 1.85 bits per heavy atom. The second-order valence-corrected chi connectivity index (χ2v) is 9.42. The molecule has 4 aromatic rings. The van der Waals surface area contributed by atoms with Gasteiger partial charge in [0.15, 0.2) is 5.54 Å². The van der Waals surface area contributed by atoms with Gasteiger partial charge in [-0.3, -0.25) is 9.59 Å². The van der Waals surface area contributed by atoms with E-state index in [4.69, 9.17) is 4.42 Å². The van der Waals surface area contributed by atoms with E-state index in [9.17, 15) is 9.59 Å². The summed E-state index contributed by atoms with van der Waals surface area (Å²) in [5.74, 6) is 0.516. The molecule has 34 heavy (non-hydrogen) atoms. The lowest BCUT2D eigenvalue weighted by Crippen LogP contribution is -2.67. The Labute approximate surface area is 198 Å². The minimum Gasteiger partial charge on any atom is -0.467 e. The highest BCUT2D eigenvalue weighted by molar-refractivity contribution is 6.01. The van der Waals surface area contributed by atoms with Crippen molar-refractivity contribution in [3.05, 3.63) is 95.1 Å². The summed E-state index contributed by atoms with van der Waals surface area (Å²) >= 11 is 0. The second kappa shape index (κ2) is 7.62. The first-order valence-corrected chi connectivity index (χ1v) is 11.8. The van der Waals surface area contributed by atoms with Gasteiger partial charge in [-0.15, -0.1) is 0 Å². The summed E-state index contributed by atoms with van der Waals surface area (Å²) in [7, 11) is 0. The van der Waals surface area contributed by atoms with Crippen molar-refractivity contribution in [2.45, 2.75) is 38.3 Å². The Bertz CT molecular complexity index is 1390. The molecule has 2 amide bonds. The molecule has 2 atom stereocenters. The van der Waals surface area contributed by atoms with Crippen LogP contribution in [0.3, 0.4) is 0 Å². The smallest absolute Gasteiger partial charge is 0.255 e. The van der Waals surface area contributed by atoms with E-state index in [2.05, 4.69) is 42.2 Å². The summed E-state index contributed by atoms with van der Waals surface area (Å²) in [6.45, 7) is 4.82. The summed E-state index contributed by atoms with van der Waals surface area (Å²) in [5, 5.41) is 1.10. The molecule has 1 fully saturated rings. The van der Waals surface area contributed by atoms with Crippen molar-refractivity contribution in [3.8, 4) is 0 Å². The molecule has 6 nitrogen and oxygen atoms in total. The number of carbonyl (C=O) groups is 2. The van der Waals surface area contributed by atoms with Gasteiger partial charge in [-0.25, -0.2) is 0 Å². The molecule has 2 aliphatic heterocycles. The van der Waals surface area contributed by atoms with Crippen molar-refractivity contribution < 1.29 is 14.0 Å². The fourth-order valence-corrected chi connectivity index (χ4v) is 5.68. The molecule has 0 radical (unpaired) electrons. The number of aromatic nitrogens is 1. The van der Waals surface area contributed by atoms with E-state index in [1.54, 1.807) is 22.1 Å². The molecule has 0 saturated carbocycles. The molecule has 4 heterocycles. The number of hydrogen-bond donors (Lipinski definition) is 1. The van der Waals surface area contributed by atoms with Gasteiger partial charge in [0, 0.05) is 23.4 Å². The van der Waals surface area contributed by atoms with Crippen LogP contribution in [-0.2, 0) is 28.1 Å². The normalized spacial score (nSPS) is 22.2. The predicted octanol–water partition coefficient (Wildman–Crippen LogP) is 4.56. The third-order valence-electron chi connectivity index (χ3n) is 7.53. The maximum atomic E-state index is 14.0. The molecule has 2 aromatic heterocycles. The van der Waals surface area contributed by atoms with Crippen LogP contribution in [0, 0.1) is 0 Å². The van der Waals surface area contributed by atoms with Crippen LogP contribution in [0.1, 0.15) is 47.9 Å². The van der Waals surface area contributed by atoms with Crippen LogP contribution in [-0.4, -0.2) is 39.7 Å². The van der Waals surface area contributed by atoms with Crippen molar-refractivity contribution in [2.24, 2.45) is 0 Å². The first kappa shape index (κ1) is 20.8. The van der Waals surface area contributed by atoms with E-state index >= 15 is 0 Å². The Hall–Kier alpha value is -3.80. The molecule has 2 aliphatic rings. The molecule has 0 unspecified atom stereocenters. The summed E-state index contributed by atoms with van der Waals surface area (Å²) in [6.07, 6.45) is 2.57. The highest BCUT2D eigenvalue weighted by Gasteiger charge is 2.56. The zero-order chi connectivity index (χ0) is 23.4. The predicted molar refractivity (Wildman–Crippen MR) is 129 cm³/mol. The molecule has 0 spiro atoms. The highest BCUT2D eigenvalue weighted by atomic mass is 16.3. The van der Waals surface area contributed by atoms with Crippen molar-refractivity contribution in [1.29, 1.82) is 0 Å². The van der Waals surface area contributed by atoms with Gasteiger partial charge >= 0.3 is 0 Å². The number of piperazine rings is 1. The van der Waals surface area contributed by atoms with Gasteiger partial charge in [0.25, 0.3) is 5.91 Å². The number of H-pyrrole nitrogens is 1. The number of aryl methyl sites for hydroxylation is 1. The first-order valence-electron chi connectivity index (χ1n) is 11.8. The Kier molecular flexibility index (Phi) is 4.66. The number of carbonyl (C=O) groups excluding carboxylic acids is 2. The third kappa shape index (κ3) is 2.94. The lowest BCUT2D eigenvalue weighted by molar-refractivity contribution is -0.167. The molecule has 1 saturated heterocycles. The average molecular weight is 454 g/mol. The number of aromatic amines is 1. The van der Waals surface area contributed by atoms with Crippen LogP contribution in [0.15, 0.2) is 71.3 Å². The SMILES string of the molecule is CCc1ccc([C@@H]2CN3C(=O)CN(Cc4ccco4)C(=O)[C@]3(C)c3[nH]c4ccccc4c32)cc1. The minimum absolute atomic E-state index is 0.0153. The van der Waals surface area contributed by atoms with Crippen LogP contribution >= 0.6 is 0 Å². The number of fused-ring (bicyclic) bond motifs is 5. The molecule has 172 valence electrons. The van der Waals surface area contributed by atoms with Gasteiger partial charge < -0.3 is 19.2 Å². The fourth-order valence-electron chi connectivity index (χ4n) is 5.68. The number of benzene rings is 2. The summed E-state index contributed by atoms with van der Waals surface area (Å²) in [4.78, 5) is 34.4. The topological polar surface area (TPSA) is 69.6 Å². The van der Waals surface area contributed by atoms with Crippen molar-refractivity contribution in [1.82, 2.24) is 14.8 Å². The average Bonchev–Trinajstić information content (AvgIpc) is 3.51. The number of furan rings is 1. The van der Waals surface area contributed by atoms with Crippen molar-refractivity contribution in [3.63, 3.8) is 0 Å². The largest absolute Gasteiger partial charge is 0.467 e. The highest BCUT2D eigenvalue weighted by Crippen LogP contribution is 2.48. The minimum atomic E-state index is -1.10. The molecule has 0 bridgehead atoms. The van der Waals surface area contributed by atoms with Gasteiger partial charge in [0.1, 0.15) is 12.3 Å². The summed E-state index contributed by atoms with van der Waals surface area (Å²) in [5.41, 5.74) is 4.24. The molecular formula is C28H27N3O3. The zero-order valence-corrected chi connectivity index (χ0v) is 19.4. The summed E-state index contributed by atoms with van der Waals surface area (Å²) < 4.78 is 5.47. The van der Waals surface area contributed by atoms with E-state index in [0.717, 1.165) is 34.1 Å². The number of para-hydroxylation sites is 1. The first-order chi connectivity index (χ1) is 16.5. The van der Waals surface area contributed by atoms with Crippen LogP contribution in [0.25, 0.3) is 10.9 Å². The molecule has 1 N–H and O–H groups in total. The number of amides is 2. The molecule has 6 heteroatoms. The van der Waals surface area contributed by atoms with E-state index in [1.807, 2.05) is 31.2 Å². The standard InChI is InChI=1S/C28H27N3O3/c1-3-18-10-12-19(13-11-18)22-16-31-24(32)17-30(15-20-7-6-14-34-20)27(33)28(31,2)26-25(22)21-8-4-5-9-23(21)29-26/h4-14,22,29H,3,15-17H2,1-2H3/t22-,28-/m0/s1. The molecule has 0 aliphatic carbocycles. The van der Waals surface area contributed by atoms with E-state index in [0.29, 0.717) is 12.3 Å². The van der Waals surface area contributed by atoms with Crippen molar-refractivity contribution in [2.75, 3.05) is 13.1 Å². The van der Waals surface area contributed by atoms with Gasteiger partial charge in [-0.2, -0.15) is 0 Å². The van der Waals surface area contributed by atoms with Gasteiger partial charge in [-0.05, 0) is 48.2 Å². The van der Waals surface area contributed by atoms with Crippen LogP contribution in [0.4, 0.5) is 0 Å².